The van der Waals surface area contributed by atoms with Crippen LogP contribution >= 0.6 is 22.6 Å². The molecule has 2 rings (SSSR count). The summed E-state index contributed by atoms with van der Waals surface area (Å²) < 4.78 is 10.8. The van der Waals surface area contributed by atoms with Crippen LogP contribution in [-0.4, -0.2) is 19.2 Å². The van der Waals surface area contributed by atoms with Crippen LogP contribution in [0.4, 0.5) is 10.5 Å². The van der Waals surface area contributed by atoms with E-state index in [1.165, 1.54) is 7.11 Å². The molecule has 1 N–H and O–H groups in total. The Bertz CT molecular complexity index is 716. The van der Waals surface area contributed by atoms with E-state index in [4.69, 9.17) is 9.47 Å². The van der Waals surface area contributed by atoms with Crippen molar-refractivity contribution in [2.75, 3.05) is 12.4 Å². The van der Waals surface area contributed by atoms with E-state index in [9.17, 15) is 9.59 Å². The molecule has 0 unspecified atom stereocenters. The second-order valence-corrected chi connectivity index (χ2v) is 5.97. The molecule has 23 heavy (non-hydrogen) atoms. The van der Waals surface area contributed by atoms with Crippen LogP contribution in [0.3, 0.4) is 0 Å². The average Bonchev–Trinajstić information content (AvgIpc) is 2.56. The number of halogens is 1. The van der Waals surface area contributed by atoms with Crippen LogP contribution in [0, 0.1) is 10.5 Å². The number of carbonyl (C=O) groups excluding carboxylic acids is 2. The number of hydrogen-bond donors (Lipinski definition) is 1. The van der Waals surface area contributed by atoms with E-state index in [1.54, 1.807) is 12.1 Å². The fourth-order valence-corrected chi connectivity index (χ4v) is 2.58. The molecule has 0 fully saturated rings. The fraction of sp³-hybridized carbons (Fsp3) is 0.176. The van der Waals surface area contributed by atoms with Crippen LogP contribution in [-0.2, 0) is 16.1 Å². The number of amides is 1. The molecule has 0 atom stereocenters. The maximum atomic E-state index is 11.9. The largest absolute Gasteiger partial charge is 0.465 e. The Balaban J connectivity index is 2.06. The number of ether oxygens (including phenoxy) is 2. The van der Waals surface area contributed by atoms with E-state index in [-0.39, 0.29) is 6.61 Å². The second kappa shape index (κ2) is 7.96. The normalized spacial score (nSPS) is 10.0. The zero-order valence-corrected chi connectivity index (χ0v) is 14.9. The third kappa shape index (κ3) is 4.69. The van der Waals surface area contributed by atoms with E-state index in [0.717, 1.165) is 14.7 Å². The summed E-state index contributed by atoms with van der Waals surface area (Å²) in [5, 5.41) is 2.63. The minimum atomic E-state index is -0.579. The van der Waals surface area contributed by atoms with Gasteiger partial charge in [0.2, 0.25) is 0 Å². The Kier molecular flexibility index (Phi) is 5.97. The third-order valence-electron chi connectivity index (χ3n) is 3.21. The summed E-state index contributed by atoms with van der Waals surface area (Å²) in [6, 6.07) is 12.7. The highest BCUT2D eigenvalue weighted by atomic mass is 127. The van der Waals surface area contributed by atoms with Gasteiger partial charge in [-0.15, -0.1) is 0 Å². The van der Waals surface area contributed by atoms with Gasteiger partial charge >= 0.3 is 12.1 Å². The Morgan fingerprint density at radius 1 is 1.17 bits per heavy atom. The molecular weight excluding hydrogens is 409 g/mol. The first-order valence-corrected chi connectivity index (χ1v) is 7.95. The minimum absolute atomic E-state index is 0.180. The highest BCUT2D eigenvalue weighted by molar-refractivity contribution is 14.1. The first-order chi connectivity index (χ1) is 11.0. The lowest BCUT2D eigenvalue weighted by Crippen LogP contribution is -2.15. The zero-order chi connectivity index (χ0) is 16.8. The van der Waals surface area contributed by atoms with E-state index in [1.807, 2.05) is 37.3 Å². The van der Waals surface area contributed by atoms with Gasteiger partial charge in [0, 0.05) is 9.26 Å². The Labute approximate surface area is 148 Å². The summed E-state index contributed by atoms with van der Waals surface area (Å²) in [6.07, 6.45) is -0.579. The average molecular weight is 425 g/mol. The van der Waals surface area contributed by atoms with Gasteiger partial charge in [-0.2, -0.15) is 0 Å². The number of esters is 1. The fourth-order valence-electron chi connectivity index (χ4n) is 1.95. The molecule has 0 spiro atoms. The number of benzene rings is 2. The van der Waals surface area contributed by atoms with Crippen molar-refractivity contribution in [3.05, 3.63) is 62.7 Å². The quantitative estimate of drug-likeness (QED) is 0.591. The Morgan fingerprint density at radius 3 is 2.52 bits per heavy atom. The van der Waals surface area contributed by atoms with E-state index >= 15 is 0 Å². The summed E-state index contributed by atoms with van der Waals surface area (Å²) >= 11 is 2.10. The summed E-state index contributed by atoms with van der Waals surface area (Å²) in [6.45, 7) is 2.00. The molecule has 0 bridgehead atoms. The van der Waals surface area contributed by atoms with E-state index in [0.29, 0.717) is 11.3 Å². The molecule has 120 valence electrons. The Hall–Kier alpha value is -2.09. The lowest BCUT2D eigenvalue weighted by molar-refractivity contribution is 0.0599. The molecule has 0 heterocycles. The second-order valence-electron chi connectivity index (χ2n) is 4.81. The number of hydrogen-bond acceptors (Lipinski definition) is 4. The smallest absolute Gasteiger partial charge is 0.411 e. The number of carbonyl (C=O) groups is 2. The SMILES string of the molecule is COC(=O)c1cc(NC(=O)OCc2ccccc2)cc(I)c1C. The summed E-state index contributed by atoms with van der Waals surface area (Å²) in [7, 11) is 1.32. The monoisotopic (exact) mass is 425 g/mol. The highest BCUT2D eigenvalue weighted by Crippen LogP contribution is 2.23. The lowest BCUT2D eigenvalue weighted by atomic mass is 10.1. The molecule has 0 saturated heterocycles. The molecule has 0 radical (unpaired) electrons. The van der Waals surface area contributed by atoms with Gasteiger partial charge in [-0.25, -0.2) is 9.59 Å². The van der Waals surface area contributed by atoms with Crippen LogP contribution in [0.2, 0.25) is 0 Å². The van der Waals surface area contributed by atoms with Crippen molar-refractivity contribution >= 4 is 40.3 Å². The van der Waals surface area contributed by atoms with Gasteiger partial charge in [0.15, 0.2) is 0 Å². The molecule has 5 nitrogen and oxygen atoms in total. The third-order valence-corrected chi connectivity index (χ3v) is 4.33. The number of rotatable bonds is 4. The van der Waals surface area contributed by atoms with Crippen molar-refractivity contribution < 1.29 is 19.1 Å². The van der Waals surface area contributed by atoms with Crippen molar-refractivity contribution in [3.8, 4) is 0 Å². The summed E-state index contributed by atoms with van der Waals surface area (Å²) in [5.41, 5.74) is 2.60. The first kappa shape index (κ1) is 17.3. The van der Waals surface area contributed by atoms with Crippen LogP contribution < -0.4 is 5.32 Å². The zero-order valence-electron chi connectivity index (χ0n) is 12.8. The standard InChI is InChI=1S/C17H16INO4/c1-11-14(16(20)22-2)8-13(9-15(11)18)19-17(21)23-10-12-6-4-3-5-7-12/h3-9H,10H2,1-2H3,(H,19,21). The highest BCUT2D eigenvalue weighted by Gasteiger charge is 2.14. The molecule has 0 aliphatic carbocycles. The number of nitrogens with one attached hydrogen (secondary N) is 1. The van der Waals surface area contributed by atoms with Gasteiger partial charge in [-0.1, -0.05) is 30.3 Å². The van der Waals surface area contributed by atoms with Crippen LogP contribution in [0.25, 0.3) is 0 Å². The number of methoxy groups -OCH3 is 1. The molecule has 0 saturated carbocycles. The topological polar surface area (TPSA) is 64.6 Å². The predicted octanol–water partition coefficient (Wildman–Crippen LogP) is 4.13. The van der Waals surface area contributed by atoms with Crippen molar-refractivity contribution in [1.82, 2.24) is 0 Å². The van der Waals surface area contributed by atoms with Gasteiger partial charge in [0.25, 0.3) is 0 Å². The molecule has 0 aliphatic heterocycles. The molecule has 2 aromatic rings. The Morgan fingerprint density at radius 2 is 1.87 bits per heavy atom. The molecule has 1 amide bonds. The maximum Gasteiger partial charge on any atom is 0.411 e. The van der Waals surface area contributed by atoms with Gasteiger partial charge in [-0.3, -0.25) is 5.32 Å². The predicted molar refractivity (Wildman–Crippen MR) is 95.5 cm³/mol. The molecule has 6 heteroatoms. The van der Waals surface area contributed by atoms with Crippen LogP contribution in [0.5, 0.6) is 0 Å². The summed E-state index contributed by atoms with van der Waals surface area (Å²) in [5.74, 6) is -0.443. The molecule has 0 aliphatic rings. The van der Waals surface area contributed by atoms with Crippen LogP contribution in [0.1, 0.15) is 21.5 Å². The number of anilines is 1. The minimum Gasteiger partial charge on any atom is -0.465 e. The van der Waals surface area contributed by atoms with Crippen molar-refractivity contribution in [1.29, 1.82) is 0 Å². The maximum absolute atomic E-state index is 11.9. The van der Waals surface area contributed by atoms with Crippen molar-refractivity contribution in [2.24, 2.45) is 0 Å². The van der Waals surface area contributed by atoms with Gasteiger partial charge in [0.1, 0.15) is 6.61 Å². The molecular formula is C17H16INO4. The van der Waals surface area contributed by atoms with Gasteiger partial charge < -0.3 is 9.47 Å². The van der Waals surface area contributed by atoms with Gasteiger partial charge in [0.05, 0.1) is 12.7 Å². The molecule has 2 aromatic carbocycles. The van der Waals surface area contributed by atoms with Crippen molar-refractivity contribution in [3.63, 3.8) is 0 Å². The first-order valence-electron chi connectivity index (χ1n) is 6.87. The van der Waals surface area contributed by atoms with E-state index in [2.05, 4.69) is 27.9 Å². The van der Waals surface area contributed by atoms with Crippen LogP contribution in [0.15, 0.2) is 42.5 Å². The van der Waals surface area contributed by atoms with Gasteiger partial charge in [-0.05, 0) is 52.8 Å². The molecule has 0 aromatic heterocycles. The van der Waals surface area contributed by atoms with E-state index < -0.39 is 12.1 Å². The lowest BCUT2D eigenvalue weighted by Gasteiger charge is -2.11. The van der Waals surface area contributed by atoms with Crippen molar-refractivity contribution in [2.45, 2.75) is 13.5 Å². The summed E-state index contributed by atoms with van der Waals surface area (Å²) in [4.78, 5) is 23.6.